The molecule has 2 aromatic rings. The van der Waals surface area contributed by atoms with Crippen LogP contribution >= 0.6 is 0 Å². The number of benzene rings is 1. The van der Waals surface area contributed by atoms with Crippen LogP contribution in [0.5, 0.6) is 0 Å². The maximum atomic E-state index is 12.6. The van der Waals surface area contributed by atoms with Crippen molar-refractivity contribution in [2.75, 3.05) is 6.54 Å². The summed E-state index contributed by atoms with van der Waals surface area (Å²) in [5.41, 5.74) is 2.87. The van der Waals surface area contributed by atoms with Gasteiger partial charge in [0.05, 0.1) is 11.3 Å². The highest BCUT2D eigenvalue weighted by Crippen LogP contribution is 2.26. The molecule has 4 rings (SSSR count). The van der Waals surface area contributed by atoms with Gasteiger partial charge in [0.1, 0.15) is 5.82 Å². The highest BCUT2D eigenvalue weighted by molar-refractivity contribution is 5.54. The highest BCUT2D eigenvalue weighted by Gasteiger charge is 2.27. The van der Waals surface area contributed by atoms with Gasteiger partial charge in [-0.2, -0.15) is 0 Å². The van der Waals surface area contributed by atoms with E-state index in [2.05, 4.69) is 9.88 Å². The molecule has 23 heavy (non-hydrogen) atoms. The van der Waals surface area contributed by atoms with Gasteiger partial charge in [-0.05, 0) is 12.8 Å². The Kier molecular flexibility index (Phi) is 4.00. The predicted molar refractivity (Wildman–Crippen MR) is 91.3 cm³/mol. The SMILES string of the molecule is O=c1[nH]c(-c2ccccc2)nc2c1CN(C1CCCCC1)CC2. The van der Waals surface area contributed by atoms with Crippen molar-refractivity contribution in [3.63, 3.8) is 0 Å². The molecular weight excluding hydrogens is 286 g/mol. The number of nitrogens with one attached hydrogen (secondary N) is 1. The van der Waals surface area contributed by atoms with Gasteiger partial charge >= 0.3 is 0 Å². The molecule has 0 amide bonds. The summed E-state index contributed by atoms with van der Waals surface area (Å²) in [4.78, 5) is 22.8. The van der Waals surface area contributed by atoms with E-state index >= 15 is 0 Å². The fraction of sp³-hybridized carbons (Fsp3) is 0.474. The van der Waals surface area contributed by atoms with Crippen LogP contribution in [0.2, 0.25) is 0 Å². The molecule has 2 aliphatic rings. The van der Waals surface area contributed by atoms with Crippen LogP contribution in [-0.2, 0) is 13.0 Å². The van der Waals surface area contributed by atoms with Gasteiger partial charge in [0, 0.05) is 31.1 Å². The normalized spacial score (nSPS) is 19.5. The molecule has 1 aromatic carbocycles. The average molecular weight is 309 g/mol. The summed E-state index contributed by atoms with van der Waals surface area (Å²) in [6.07, 6.45) is 7.47. The third kappa shape index (κ3) is 2.95. The summed E-state index contributed by atoms with van der Waals surface area (Å²) < 4.78 is 0. The summed E-state index contributed by atoms with van der Waals surface area (Å²) in [6.45, 7) is 1.79. The Balaban J connectivity index is 1.62. The van der Waals surface area contributed by atoms with Crippen molar-refractivity contribution < 1.29 is 0 Å². The molecule has 0 atom stereocenters. The Morgan fingerprint density at radius 3 is 2.65 bits per heavy atom. The standard InChI is InChI=1S/C19H23N3O/c23-19-16-13-22(15-9-5-2-6-10-15)12-11-17(16)20-18(21-19)14-7-3-1-4-8-14/h1,3-4,7-8,15H,2,5-6,9-13H2,(H,20,21,23). The van der Waals surface area contributed by atoms with E-state index in [4.69, 9.17) is 4.98 Å². The van der Waals surface area contributed by atoms with Gasteiger partial charge in [-0.15, -0.1) is 0 Å². The second-order valence-electron chi connectivity index (χ2n) is 6.72. The minimum absolute atomic E-state index is 0.0364. The number of aromatic nitrogens is 2. The second-order valence-corrected chi connectivity index (χ2v) is 6.72. The van der Waals surface area contributed by atoms with Crippen LogP contribution < -0.4 is 5.56 Å². The van der Waals surface area contributed by atoms with E-state index in [9.17, 15) is 4.79 Å². The van der Waals surface area contributed by atoms with Crippen molar-refractivity contribution in [1.82, 2.24) is 14.9 Å². The molecule has 1 aliphatic carbocycles. The lowest BCUT2D eigenvalue weighted by atomic mass is 9.92. The van der Waals surface area contributed by atoms with Crippen molar-refractivity contribution in [3.05, 3.63) is 51.9 Å². The number of nitrogens with zero attached hydrogens (tertiary/aromatic N) is 2. The maximum absolute atomic E-state index is 12.6. The van der Waals surface area contributed by atoms with Crippen LogP contribution in [0, 0.1) is 0 Å². The molecule has 4 nitrogen and oxygen atoms in total. The van der Waals surface area contributed by atoms with E-state index in [1.54, 1.807) is 0 Å². The smallest absolute Gasteiger partial charge is 0.255 e. The van der Waals surface area contributed by atoms with Crippen molar-refractivity contribution in [3.8, 4) is 11.4 Å². The lowest BCUT2D eigenvalue weighted by Crippen LogP contribution is -2.42. The molecule has 1 aromatic heterocycles. The minimum atomic E-state index is 0.0364. The van der Waals surface area contributed by atoms with Crippen molar-refractivity contribution in [2.24, 2.45) is 0 Å². The Labute approximate surface area is 136 Å². The number of aromatic amines is 1. The Hall–Kier alpha value is -1.94. The van der Waals surface area contributed by atoms with Crippen molar-refractivity contribution >= 4 is 0 Å². The number of hydrogen-bond donors (Lipinski definition) is 1. The first-order chi connectivity index (χ1) is 11.3. The molecule has 2 heterocycles. The van der Waals surface area contributed by atoms with Crippen LogP contribution in [0.15, 0.2) is 35.1 Å². The molecule has 1 fully saturated rings. The molecule has 1 saturated carbocycles. The van der Waals surface area contributed by atoms with E-state index in [0.717, 1.165) is 36.3 Å². The molecule has 0 bridgehead atoms. The third-order valence-electron chi connectivity index (χ3n) is 5.24. The molecule has 0 radical (unpaired) electrons. The minimum Gasteiger partial charge on any atom is -0.306 e. The zero-order valence-electron chi connectivity index (χ0n) is 13.4. The van der Waals surface area contributed by atoms with Crippen LogP contribution in [-0.4, -0.2) is 27.5 Å². The van der Waals surface area contributed by atoms with E-state index < -0.39 is 0 Å². The lowest BCUT2D eigenvalue weighted by Gasteiger charge is -2.36. The first-order valence-electron chi connectivity index (χ1n) is 8.73. The van der Waals surface area contributed by atoms with Crippen molar-refractivity contribution in [1.29, 1.82) is 0 Å². The molecule has 0 unspecified atom stereocenters. The topological polar surface area (TPSA) is 49.0 Å². The fourth-order valence-electron chi connectivity index (χ4n) is 3.94. The van der Waals surface area contributed by atoms with Gasteiger partial charge in [-0.25, -0.2) is 4.98 Å². The monoisotopic (exact) mass is 309 g/mol. The Bertz CT molecular complexity index is 732. The second kappa shape index (κ2) is 6.28. The number of fused-ring (bicyclic) bond motifs is 1. The Morgan fingerprint density at radius 1 is 1.09 bits per heavy atom. The van der Waals surface area contributed by atoms with E-state index in [-0.39, 0.29) is 5.56 Å². The van der Waals surface area contributed by atoms with Gasteiger partial charge in [0.15, 0.2) is 0 Å². The Morgan fingerprint density at radius 2 is 1.87 bits per heavy atom. The molecular formula is C19H23N3O. The number of hydrogen-bond acceptors (Lipinski definition) is 3. The summed E-state index contributed by atoms with van der Waals surface area (Å²) >= 11 is 0. The van der Waals surface area contributed by atoms with Crippen LogP contribution in [0.4, 0.5) is 0 Å². The fourth-order valence-corrected chi connectivity index (χ4v) is 3.94. The summed E-state index contributed by atoms with van der Waals surface area (Å²) in [6, 6.07) is 10.6. The molecule has 4 heteroatoms. The predicted octanol–water partition coefficient (Wildman–Crippen LogP) is 3.13. The molecule has 1 aliphatic heterocycles. The summed E-state index contributed by atoms with van der Waals surface area (Å²) in [5, 5.41) is 0. The van der Waals surface area contributed by atoms with E-state index in [1.165, 1.54) is 32.1 Å². The van der Waals surface area contributed by atoms with Gasteiger partial charge in [0.2, 0.25) is 0 Å². The molecule has 120 valence electrons. The van der Waals surface area contributed by atoms with Crippen LogP contribution in [0.1, 0.15) is 43.4 Å². The first kappa shape index (κ1) is 14.6. The molecule has 1 N–H and O–H groups in total. The van der Waals surface area contributed by atoms with Crippen LogP contribution in [0.3, 0.4) is 0 Å². The molecule has 0 spiro atoms. The third-order valence-corrected chi connectivity index (χ3v) is 5.24. The lowest BCUT2D eigenvalue weighted by molar-refractivity contribution is 0.139. The average Bonchev–Trinajstić information content (AvgIpc) is 2.63. The van der Waals surface area contributed by atoms with Crippen molar-refractivity contribution in [2.45, 2.75) is 51.1 Å². The van der Waals surface area contributed by atoms with Gasteiger partial charge < -0.3 is 4.98 Å². The van der Waals surface area contributed by atoms with E-state index in [1.807, 2.05) is 30.3 Å². The quantitative estimate of drug-likeness (QED) is 0.927. The maximum Gasteiger partial charge on any atom is 0.255 e. The first-order valence-corrected chi connectivity index (χ1v) is 8.73. The van der Waals surface area contributed by atoms with E-state index in [0.29, 0.717) is 11.9 Å². The number of H-pyrrole nitrogens is 1. The van der Waals surface area contributed by atoms with Gasteiger partial charge in [-0.1, -0.05) is 49.6 Å². The summed E-state index contributed by atoms with van der Waals surface area (Å²) in [5.74, 6) is 0.695. The van der Waals surface area contributed by atoms with Gasteiger partial charge in [-0.3, -0.25) is 9.69 Å². The molecule has 0 saturated heterocycles. The zero-order chi connectivity index (χ0) is 15.6. The van der Waals surface area contributed by atoms with Crippen LogP contribution in [0.25, 0.3) is 11.4 Å². The summed E-state index contributed by atoms with van der Waals surface area (Å²) in [7, 11) is 0. The largest absolute Gasteiger partial charge is 0.306 e. The zero-order valence-corrected chi connectivity index (χ0v) is 13.4. The number of rotatable bonds is 2. The van der Waals surface area contributed by atoms with Gasteiger partial charge in [0.25, 0.3) is 5.56 Å². The highest BCUT2D eigenvalue weighted by atomic mass is 16.1.